The van der Waals surface area contributed by atoms with Gasteiger partial charge in [-0.05, 0) is 0 Å². The summed E-state index contributed by atoms with van der Waals surface area (Å²) in [5, 5.41) is 0.465. The minimum atomic E-state index is -5.88. The summed E-state index contributed by atoms with van der Waals surface area (Å²) in [6.45, 7) is 2.79. The Bertz CT molecular complexity index is 631. The summed E-state index contributed by atoms with van der Waals surface area (Å²) in [5.41, 5.74) is 0. The van der Waals surface area contributed by atoms with Crippen LogP contribution in [0.15, 0.2) is 12.0 Å². The smallest absolute Gasteiger partial charge is 1.00 e. The van der Waals surface area contributed by atoms with E-state index in [1.165, 1.54) is 0 Å². The minimum Gasteiger partial charge on any atom is 1.00 e. The zero-order valence-corrected chi connectivity index (χ0v) is 24.8. The number of halogens is 5. The predicted molar refractivity (Wildman–Crippen MR) is 79.5 cm³/mol. The maximum atomic E-state index is 10.4. The summed E-state index contributed by atoms with van der Waals surface area (Å²) in [5.74, 6) is 0. The van der Waals surface area contributed by atoms with E-state index in [1.54, 1.807) is 0 Å². The Labute approximate surface area is 202 Å². The molecule has 0 aliphatic rings. The van der Waals surface area contributed by atoms with Crippen LogP contribution >= 0.6 is 0 Å². The first-order valence-corrected chi connectivity index (χ1v) is 22.1. The number of hydrogen-bond donors (Lipinski definition) is 10. The van der Waals surface area contributed by atoms with Gasteiger partial charge in [-0.25, -0.2) is 0 Å². The topological polar surface area (TPSA) is 345 Å². The first-order chi connectivity index (χ1) is 12.6. The van der Waals surface area contributed by atoms with E-state index in [1.807, 2.05) is 0 Å². The summed E-state index contributed by atoms with van der Waals surface area (Å²) in [6, 6.07) is 0. The molecule has 0 rings (SSSR count). The molecule has 1 unspecified atom stereocenters. The largest absolute Gasteiger partial charge is 1.00 e. The molecule has 0 saturated heterocycles. The van der Waals surface area contributed by atoms with Crippen molar-refractivity contribution in [2.45, 2.75) is 0 Å². The average molecular weight is 834 g/mol. The van der Waals surface area contributed by atoms with Crippen LogP contribution in [0, 0.1) is 0 Å². The van der Waals surface area contributed by atoms with Crippen molar-refractivity contribution in [3.05, 3.63) is 12.0 Å². The fourth-order valence-corrected chi connectivity index (χ4v) is 0. The third-order valence-electron chi connectivity index (χ3n) is 0.211. The van der Waals surface area contributed by atoms with Gasteiger partial charge in [0.05, 0.1) is 5.41 Å². The van der Waals surface area contributed by atoms with Crippen molar-refractivity contribution in [3.8, 4) is 0 Å². The summed E-state index contributed by atoms with van der Waals surface area (Å²) in [7, 11) is -3.90. The van der Waals surface area contributed by atoms with Gasteiger partial charge in [-0.1, -0.05) is 6.58 Å². The van der Waals surface area contributed by atoms with Gasteiger partial charge in [0.25, 0.3) is 10.1 Å². The zero-order valence-electron chi connectivity index (χ0n) is 14.6. The quantitative estimate of drug-likeness (QED) is 0.0666. The molecule has 0 aliphatic carbocycles. The fraction of sp³-hybridized carbons (Fsp3) is 0. The van der Waals surface area contributed by atoms with Crippen LogP contribution in [0.5, 0.6) is 0 Å². The molecule has 1 atom stereocenters. The number of hydrogen-bond acceptors (Lipinski definition) is 8. The summed E-state index contributed by atoms with van der Waals surface area (Å²) >= 11 is -28.4. The molecule has 0 spiro atoms. The van der Waals surface area contributed by atoms with Crippen LogP contribution in [-0.4, -0.2) is 123 Å². The van der Waals surface area contributed by atoms with Gasteiger partial charge in [0.15, 0.2) is 0 Å². The maximum absolute atomic E-state index is 10.4. The molecule has 0 bridgehead atoms. The second-order valence-corrected chi connectivity index (χ2v) is 14.2. The Morgan fingerprint density at radius 3 is 0.656 bits per heavy atom. The van der Waals surface area contributed by atoms with Crippen molar-refractivity contribution in [1.29, 1.82) is 0 Å². The van der Waals surface area contributed by atoms with Crippen molar-refractivity contribution in [2.24, 2.45) is 0 Å². The molecule has 30 heteroatoms. The molecule has 0 aromatic rings. The van der Waals surface area contributed by atoms with E-state index in [2.05, 4.69) is 6.58 Å². The van der Waals surface area contributed by atoms with E-state index in [0.29, 0.717) is 5.41 Å². The van der Waals surface area contributed by atoms with Crippen LogP contribution < -0.4 is 23.0 Å². The molecule has 0 aromatic carbocycles. The monoisotopic (exact) mass is 834 g/mol. The van der Waals surface area contributed by atoms with Crippen molar-refractivity contribution in [2.75, 3.05) is 0 Å². The first-order valence-electron chi connectivity index (χ1n) is 4.90. The Morgan fingerprint density at radius 1 is 0.625 bits per heavy atom. The normalized spacial score (nSPS) is 12.8. The van der Waals surface area contributed by atoms with Crippen LogP contribution in [0.1, 0.15) is 0 Å². The molecule has 0 heterocycles. The minimum absolute atomic E-state index is 0. The van der Waals surface area contributed by atoms with E-state index in [4.69, 9.17) is 64.2 Å². The van der Waals surface area contributed by atoms with Crippen LogP contribution in [0.3, 0.4) is 0 Å². The third-order valence-corrected chi connectivity index (χ3v) is 0.632. The van der Waals surface area contributed by atoms with Crippen LogP contribution in [0.2, 0.25) is 0 Å². The third kappa shape index (κ3) is 1560. The van der Waals surface area contributed by atoms with Crippen LogP contribution in [0.4, 0.5) is 17.3 Å². The molecular formula is C2H13As5F5LiO18S. The molecule has 0 fully saturated rings. The first kappa shape index (κ1) is 50.2. The predicted octanol–water partition coefficient (Wildman–Crippen LogP) is -9.58. The van der Waals surface area contributed by atoms with E-state index in [-0.39, 0.29) is 18.9 Å². The Morgan fingerprint density at radius 2 is 0.656 bits per heavy atom. The Kier molecular flexibility index (Phi) is 33.8. The standard InChI is InChI=1S/C2H4O3S.5AsFH2O3.Li/c1-2-6(3,4)5;5*2-1(3,4)5;/h2H,1H2,(H,3,4,5);5*(H2,3,4,5);/q;;;;;;+1/p-1. The number of rotatable bonds is 1. The van der Waals surface area contributed by atoms with Gasteiger partial charge in [-0.15, -0.1) is 0 Å². The van der Waals surface area contributed by atoms with Gasteiger partial charge in [0.2, 0.25) is 0 Å². The van der Waals surface area contributed by atoms with E-state index >= 15 is 0 Å². The van der Waals surface area contributed by atoms with Crippen molar-refractivity contribution in [3.63, 3.8) is 0 Å². The summed E-state index contributed by atoms with van der Waals surface area (Å²) in [4.78, 5) is 0. The Balaban J connectivity index is -0.0000000467. The van der Waals surface area contributed by atoms with Gasteiger partial charge in [-0.2, -0.15) is 8.42 Å². The molecule has 18 nitrogen and oxygen atoms in total. The van der Waals surface area contributed by atoms with Crippen molar-refractivity contribution in [1.82, 2.24) is 0 Å². The molecule has 10 N–H and O–H groups in total. The molecule has 0 aromatic heterocycles. The molecule has 0 amide bonds. The second kappa shape index (κ2) is 21.6. The SMILES string of the molecule is C=CS(=O)(=O)O.O=[As](O)(O)F.O=[As](O)(O)F.O=[As](O)(O)F.O=[As](O)(O)F.O=[As]([O-])(O)F.[Li+]. The van der Waals surface area contributed by atoms with Crippen LogP contribution in [0.25, 0.3) is 0 Å². The maximum Gasteiger partial charge on any atom is 1.00 e. The molecule has 0 aliphatic heterocycles. The van der Waals surface area contributed by atoms with Crippen molar-refractivity contribution < 1.29 is 109 Å². The van der Waals surface area contributed by atoms with E-state index < -0.39 is 83.3 Å². The second-order valence-electron chi connectivity index (χ2n) is 3.02. The molecule has 32 heavy (non-hydrogen) atoms. The summed E-state index contributed by atoms with van der Waals surface area (Å²) < 4.78 is 194. The van der Waals surface area contributed by atoms with Crippen molar-refractivity contribution >= 4 is 83.3 Å². The summed E-state index contributed by atoms with van der Waals surface area (Å²) in [6.07, 6.45) is 0. The molecule has 0 saturated carbocycles. The molecule has 196 valence electrons. The average Bonchev–Trinajstić information content (AvgIpc) is 2.14. The van der Waals surface area contributed by atoms with Gasteiger partial charge in [-0.3, -0.25) is 4.55 Å². The molecule has 0 radical (unpaired) electrons. The van der Waals surface area contributed by atoms with Gasteiger partial charge in [0, 0.05) is 0 Å². The van der Waals surface area contributed by atoms with Gasteiger partial charge in [0.1, 0.15) is 0 Å². The van der Waals surface area contributed by atoms with Crippen LogP contribution in [-0.2, 0) is 28.8 Å². The fourth-order valence-electron chi connectivity index (χ4n) is 0. The zero-order chi connectivity index (χ0) is 27.7. The Hall–Kier alpha value is 1.29. The molecular weight excluding hydrogens is 821 g/mol. The van der Waals surface area contributed by atoms with E-state index in [0.717, 1.165) is 0 Å². The van der Waals surface area contributed by atoms with Gasteiger partial charge >= 0.3 is 169 Å². The van der Waals surface area contributed by atoms with E-state index in [9.17, 15) is 25.8 Å². The van der Waals surface area contributed by atoms with Gasteiger partial charge < -0.3 is 0 Å².